The zero-order valence-corrected chi connectivity index (χ0v) is 16.4. The van der Waals surface area contributed by atoms with Gasteiger partial charge in [0.25, 0.3) is 0 Å². The fraction of sp³-hybridized carbons (Fsp3) is 0.947. The summed E-state index contributed by atoms with van der Waals surface area (Å²) in [6, 6.07) is 0. The first-order valence-electron chi connectivity index (χ1n) is 9.92. The molecule has 0 aliphatic heterocycles. The predicted octanol–water partition coefficient (Wildman–Crippen LogP) is 0.802. The zero-order valence-electron chi connectivity index (χ0n) is 16.4. The van der Waals surface area contributed by atoms with Crippen LogP contribution in [-0.2, 0) is 4.79 Å². The summed E-state index contributed by atoms with van der Waals surface area (Å²) in [5.74, 6) is -0.128. The Hall–Kier alpha value is -0.730. The van der Waals surface area contributed by atoms with Gasteiger partial charge >= 0.3 is 0 Å². The molecule has 0 fully saturated rings. The number of unbranched alkanes of at least 4 members (excludes halogenated alkanes) is 8. The van der Waals surface area contributed by atoms with E-state index in [1.165, 1.54) is 50.5 Å². The molecule has 0 radical (unpaired) electrons. The Balaban J connectivity index is 3.88. The van der Waals surface area contributed by atoms with Crippen LogP contribution in [0, 0.1) is 0 Å². The zero-order chi connectivity index (χ0) is 19.9. The van der Waals surface area contributed by atoms with Crippen molar-refractivity contribution in [2.75, 3.05) is 20.2 Å². The van der Waals surface area contributed by atoms with E-state index in [-0.39, 0.29) is 12.5 Å². The summed E-state index contributed by atoms with van der Waals surface area (Å²) >= 11 is 0. The van der Waals surface area contributed by atoms with Crippen LogP contribution in [0.1, 0.15) is 71.1 Å². The highest BCUT2D eigenvalue weighted by atomic mass is 16.4. The number of carbonyl (C=O) groups is 1. The van der Waals surface area contributed by atoms with Gasteiger partial charge < -0.3 is 30.4 Å². The largest absolute Gasteiger partial charge is 0.394 e. The van der Waals surface area contributed by atoms with Gasteiger partial charge in [0, 0.05) is 20.0 Å². The van der Waals surface area contributed by atoms with Crippen molar-refractivity contribution >= 4 is 5.91 Å². The molecule has 0 saturated heterocycles. The minimum Gasteiger partial charge on any atom is -0.394 e. The monoisotopic (exact) mass is 377 g/mol. The summed E-state index contributed by atoms with van der Waals surface area (Å²) in [5, 5.41) is 47.3. The third-order valence-corrected chi connectivity index (χ3v) is 4.71. The molecular formula is C19H39NO6. The number of rotatable bonds is 16. The Morgan fingerprint density at radius 2 is 1.27 bits per heavy atom. The number of nitrogens with zero attached hydrogens (tertiary/aromatic N) is 1. The van der Waals surface area contributed by atoms with E-state index >= 15 is 0 Å². The third-order valence-electron chi connectivity index (χ3n) is 4.71. The number of aliphatic hydroxyl groups is 5. The molecule has 0 aromatic heterocycles. The van der Waals surface area contributed by atoms with Crippen molar-refractivity contribution in [3.05, 3.63) is 0 Å². The summed E-state index contributed by atoms with van der Waals surface area (Å²) in [6.07, 6.45) is 4.64. The number of aliphatic hydroxyl groups excluding tert-OH is 5. The smallest absolute Gasteiger partial charge is 0.222 e. The molecule has 0 spiro atoms. The molecule has 156 valence electrons. The normalized spacial score (nSPS) is 16.1. The topological polar surface area (TPSA) is 121 Å². The van der Waals surface area contributed by atoms with Gasteiger partial charge in [-0.25, -0.2) is 0 Å². The highest BCUT2D eigenvalue weighted by molar-refractivity contribution is 5.75. The number of hydrogen-bond acceptors (Lipinski definition) is 6. The van der Waals surface area contributed by atoms with Gasteiger partial charge in [0.05, 0.1) is 6.61 Å². The van der Waals surface area contributed by atoms with Crippen LogP contribution in [0.5, 0.6) is 0 Å². The highest BCUT2D eigenvalue weighted by Gasteiger charge is 2.31. The summed E-state index contributed by atoms with van der Waals surface area (Å²) in [7, 11) is 1.53. The van der Waals surface area contributed by atoms with Crippen molar-refractivity contribution in [2.24, 2.45) is 0 Å². The fourth-order valence-corrected chi connectivity index (χ4v) is 2.83. The van der Waals surface area contributed by atoms with E-state index in [9.17, 15) is 25.2 Å². The minimum absolute atomic E-state index is 0.128. The fourth-order valence-electron chi connectivity index (χ4n) is 2.83. The first-order valence-corrected chi connectivity index (χ1v) is 9.92. The van der Waals surface area contributed by atoms with Crippen molar-refractivity contribution < 1.29 is 30.3 Å². The van der Waals surface area contributed by atoms with Gasteiger partial charge in [-0.05, 0) is 6.42 Å². The summed E-state index contributed by atoms with van der Waals surface area (Å²) in [5.41, 5.74) is 0. The van der Waals surface area contributed by atoms with Crippen LogP contribution in [0.15, 0.2) is 0 Å². The Bertz CT molecular complexity index is 355. The number of hydrogen-bond donors (Lipinski definition) is 5. The van der Waals surface area contributed by atoms with Crippen LogP contribution in [-0.4, -0.2) is 81.0 Å². The maximum atomic E-state index is 12.0. The van der Waals surface area contributed by atoms with Crippen LogP contribution < -0.4 is 0 Å². The second-order valence-corrected chi connectivity index (χ2v) is 7.15. The van der Waals surface area contributed by atoms with E-state index in [2.05, 4.69) is 6.92 Å². The molecule has 7 heteroatoms. The average molecular weight is 378 g/mol. The summed E-state index contributed by atoms with van der Waals surface area (Å²) in [4.78, 5) is 13.4. The van der Waals surface area contributed by atoms with Crippen molar-refractivity contribution in [1.29, 1.82) is 0 Å². The van der Waals surface area contributed by atoms with E-state index in [1.54, 1.807) is 0 Å². The SMILES string of the molecule is CCCCCCCCCCCC(=O)N(C)C[C@@H](O)[C@@H](O)[C@@H](O)[C@H](O)CO. The van der Waals surface area contributed by atoms with E-state index in [1.807, 2.05) is 0 Å². The lowest BCUT2D eigenvalue weighted by Crippen LogP contribution is -2.49. The molecule has 4 atom stereocenters. The van der Waals surface area contributed by atoms with Crippen molar-refractivity contribution in [3.8, 4) is 0 Å². The first kappa shape index (κ1) is 25.3. The molecule has 0 rings (SSSR count). The second kappa shape index (κ2) is 15.3. The summed E-state index contributed by atoms with van der Waals surface area (Å²) < 4.78 is 0. The third kappa shape index (κ3) is 11.1. The van der Waals surface area contributed by atoms with Crippen LogP contribution in [0.2, 0.25) is 0 Å². The maximum absolute atomic E-state index is 12.0. The Morgan fingerprint density at radius 1 is 0.808 bits per heavy atom. The van der Waals surface area contributed by atoms with Crippen LogP contribution >= 0.6 is 0 Å². The standard InChI is InChI=1S/C19H39NO6/c1-3-4-5-6-7-8-9-10-11-12-17(24)20(2)13-15(22)18(25)19(26)16(23)14-21/h15-16,18-19,21-23,25-26H,3-14H2,1-2H3/t15-,16-,18-,19+/m1/s1. The molecule has 7 nitrogen and oxygen atoms in total. The lowest BCUT2D eigenvalue weighted by Gasteiger charge is -2.28. The average Bonchev–Trinajstić information content (AvgIpc) is 2.64. The van der Waals surface area contributed by atoms with E-state index in [4.69, 9.17) is 5.11 Å². The van der Waals surface area contributed by atoms with Gasteiger partial charge in [0.1, 0.15) is 24.4 Å². The molecule has 0 unspecified atom stereocenters. The number of likely N-dealkylation sites (N-methyl/N-ethyl adjacent to an activating group) is 1. The predicted molar refractivity (Wildman–Crippen MR) is 101 cm³/mol. The van der Waals surface area contributed by atoms with E-state index in [0.717, 1.165) is 19.3 Å². The minimum atomic E-state index is -1.67. The van der Waals surface area contributed by atoms with Gasteiger partial charge in [0.15, 0.2) is 0 Å². The maximum Gasteiger partial charge on any atom is 0.222 e. The van der Waals surface area contributed by atoms with Gasteiger partial charge in [0.2, 0.25) is 5.91 Å². The van der Waals surface area contributed by atoms with Crippen LogP contribution in [0.4, 0.5) is 0 Å². The lowest BCUT2D eigenvalue weighted by atomic mass is 10.0. The number of amides is 1. The summed E-state index contributed by atoms with van der Waals surface area (Å²) in [6.45, 7) is 1.33. The molecule has 0 aliphatic rings. The van der Waals surface area contributed by atoms with Crippen LogP contribution in [0.3, 0.4) is 0 Å². The Labute approximate surface area is 157 Å². The molecule has 1 amide bonds. The molecule has 26 heavy (non-hydrogen) atoms. The molecule has 0 saturated carbocycles. The molecule has 0 aromatic carbocycles. The molecule has 0 heterocycles. The van der Waals surface area contributed by atoms with Gasteiger partial charge in [-0.2, -0.15) is 0 Å². The van der Waals surface area contributed by atoms with Crippen molar-refractivity contribution in [2.45, 2.75) is 95.5 Å². The van der Waals surface area contributed by atoms with Gasteiger partial charge in [-0.1, -0.05) is 58.3 Å². The number of carbonyl (C=O) groups excluding carboxylic acids is 1. The molecule has 5 N–H and O–H groups in total. The lowest BCUT2D eigenvalue weighted by molar-refractivity contribution is -0.138. The molecular weight excluding hydrogens is 338 g/mol. The van der Waals surface area contributed by atoms with Crippen molar-refractivity contribution in [1.82, 2.24) is 4.90 Å². The molecule has 0 bridgehead atoms. The van der Waals surface area contributed by atoms with Crippen molar-refractivity contribution in [3.63, 3.8) is 0 Å². The quantitative estimate of drug-likeness (QED) is 0.254. The van der Waals surface area contributed by atoms with Crippen LogP contribution in [0.25, 0.3) is 0 Å². The van der Waals surface area contributed by atoms with Gasteiger partial charge in [-0.15, -0.1) is 0 Å². The molecule has 0 aliphatic carbocycles. The second-order valence-electron chi connectivity index (χ2n) is 7.15. The van der Waals surface area contributed by atoms with Gasteiger partial charge in [-0.3, -0.25) is 4.79 Å². The highest BCUT2D eigenvalue weighted by Crippen LogP contribution is 2.12. The van der Waals surface area contributed by atoms with E-state index < -0.39 is 31.0 Å². The first-order chi connectivity index (χ1) is 12.3. The Morgan fingerprint density at radius 3 is 1.77 bits per heavy atom. The molecule has 0 aromatic rings. The Kier molecular flexibility index (Phi) is 14.9. The van der Waals surface area contributed by atoms with E-state index in [0.29, 0.717) is 6.42 Å².